The molecule has 0 unspecified atom stereocenters. The predicted molar refractivity (Wildman–Crippen MR) is 54.6 cm³/mol. The van der Waals surface area contributed by atoms with Crippen molar-refractivity contribution in [2.24, 2.45) is 0 Å². The van der Waals surface area contributed by atoms with E-state index in [9.17, 15) is 9.59 Å². The van der Waals surface area contributed by atoms with E-state index in [0.29, 0.717) is 17.0 Å². The summed E-state index contributed by atoms with van der Waals surface area (Å²) in [4.78, 5) is 22.7. The number of nitrogens with one attached hydrogen (secondary N) is 1. The quantitative estimate of drug-likeness (QED) is 0.780. The summed E-state index contributed by atoms with van der Waals surface area (Å²) in [6, 6.07) is 1.68. The summed E-state index contributed by atoms with van der Waals surface area (Å²) in [5, 5.41) is 4.36. The summed E-state index contributed by atoms with van der Waals surface area (Å²) in [5.74, 6) is -0.542. The number of hydrogen-bond donors (Lipinski definition) is 1. The molecule has 76 valence electrons. The van der Waals surface area contributed by atoms with Gasteiger partial charge in [-0.2, -0.15) is 0 Å². The zero-order valence-electron chi connectivity index (χ0n) is 7.99. The number of thiophene rings is 1. The van der Waals surface area contributed by atoms with Crippen molar-refractivity contribution in [3.05, 3.63) is 16.3 Å². The molecule has 0 atom stereocenters. The van der Waals surface area contributed by atoms with Gasteiger partial charge in [0.2, 0.25) is 5.91 Å². The maximum absolute atomic E-state index is 11.2. The van der Waals surface area contributed by atoms with Crippen LogP contribution in [0, 0.1) is 0 Å². The third-order valence-electron chi connectivity index (χ3n) is 1.63. The molecule has 1 heterocycles. The SMILES string of the molecule is CCC(=O)Nc1ccsc1C(=O)OC. The molecule has 14 heavy (non-hydrogen) atoms. The second-order valence-corrected chi connectivity index (χ2v) is 3.47. The lowest BCUT2D eigenvalue weighted by molar-refractivity contribution is -0.115. The summed E-state index contributed by atoms with van der Waals surface area (Å²) in [7, 11) is 1.31. The molecule has 1 rings (SSSR count). The Bertz CT molecular complexity index is 346. The Morgan fingerprint density at radius 1 is 1.57 bits per heavy atom. The van der Waals surface area contributed by atoms with Gasteiger partial charge in [-0.3, -0.25) is 4.79 Å². The molecule has 0 bridgehead atoms. The smallest absolute Gasteiger partial charge is 0.350 e. The fraction of sp³-hybridized carbons (Fsp3) is 0.333. The van der Waals surface area contributed by atoms with Gasteiger partial charge in [-0.1, -0.05) is 6.92 Å². The topological polar surface area (TPSA) is 55.4 Å². The third kappa shape index (κ3) is 2.32. The number of rotatable bonds is 3. The van der Waals surface area contributed by atoms with Crippen molar-refractivity contribution in [3.8, 4) is 0 Å². The van der Waals surface area contributed by atoms with Crippen LogP contribution in [0.2, 0.25) is 0 Å². The number of ether oxygens (including phenoxy) is 1. The largest absolute Gasteiger partial charge is 0.465 e. The van der Waals surface area contributed by atoms with E-state index in [1.54, 1.807) is 18.4 Å². The van der Waals surface area contributed by atoms with Gasteiger partial charge in [0.25, 0.3) is 0 Å². The molecule has 5 heteroatoms. The minimum absolute atomic E-state index is 0.117. The van der Waals surface area contributed by atoms with E-state index < -0.39 is 5.97 Å². The van der Waals surface area contributed by atoms with E-state index in [1.807, 2.05) is 0 Å². The lowest BCUT2D eigenvalue weighted by atomic mass is 10.3. The Kier molecular flexibility index (Phi) is 3.64. The molecule has 1 amide bonds. The van der Waals surface area contributed by atoms with Crippen LogP contribution in [0.15, 0.2) is 11.4 Å². The zero-order chi connectivity index (χ0) is 10.6. The minimum Gasteiger partial charge on any atom is -0.465 e. The van der Waals surface area contributed by atoms with Gasteiger partial charge in [-0.15, -0.1) is 11.3 Å². The molecule has 0 aromatic carbocycles. The molecule has 0 aliphatic carbocycles. The van der Waals surface area contributed by atoms with Gasteiger partial charge in [0.15, 0.2) is 0 Å². The number of carbonyl (C=O) groups is 2. The fourth-order valence-corrected chi connectivity index (χ4v) is 1.66. The van der Waals surface area contributed by atoms with Crippen LogP contribution in [0.5, 0.6) is 0 Å². The van der Waals surface area contributed by atoms with Gasteiger partial charge in [0, 0.05) is 6.42 Å². The first-order chi connectivity index (χ1) is 6.69. The standard InChI is InChI=1S/C9H11NO3S/c1-3-7(11)10-6-4-5-14-8(6)9(12)13-2/h4-5H,3H2,1-2H3,(H,10,11). The highest BCUT2D eigenvalue weighted by molar-refractivity contribution is 7.12. The van der Waals surface area contributed by atoms with E-state index in [-0.39, 0.29) is 5.91 Å². The second kappa shape index (κ2) is 4.76. The van der Waals surface area contributed by atoms with Crippen LogP contribution in [0.4, 0.5) is 5.69 Å². The van der Waals surface area contributed by atoms with Gasteiger partial charge in [0.1, 0.15) is 4.88 Å². The third-order valence-corrected chi connectivity index (χ3v) is 2.53. The van der Waals surface area contributed by atoms with Crippen molar-refractivity contribution in [1.29, 1.82) is 0 Å². The van der Waals surface area contributed by atoms with Crippen molar-refractivity contribution in [1.82, 2.24) is 0 Å². The van der Waals surface area contributed by atoms with Crippen molar-refractivity contribution >= 4 is 28.9 Å². The Morgan fingerprint density at radius 2 is 2.29 bits per heavy atom. The molecule has 0 aliphatic heterocycles. The molecule has 1 aromatic heterocycles. The highest BCUT2D eigenvalue weighted by Crippen LogP contribution is 2.23. The van der Waals surface area contributed by atoms with Crippen molar-refractivity contribution in [2.75, 3.05) is 12.4 Å². The van der Waals surface area contributed by atoms with Crippen LogP contribution >= 0.6 is 11.3 Å². The summed E-state index contributed by atoms with van der Waals surface area (Å²) in [6.45, 7) is 1.75. The van der Waals surface area contributed by atoms with Crippen molar-refractivity contribution in [3.63, 3.8) is 0 Å². The predicted octanol–water partition coefficient (Wildman–Crippen LogP) is 1.88. The van der Waals surface area contributed by atoms with Crippen molar-refractivity contribution in [2.45, 2.75) is 13.3 Å². The van der Waals surface area contributed by atoms with E-state index in [0.717, 1.165) is 0 Å². The molecule has 1 N–H and O–H groups in total. The molecule has 0 radical (unpaired) electrons. The zero-order valence-corrected chi connectivity index (χ0v) is 8.81. The highest BCUT2D eigenvalue weighted by atomic mass is 32.1. The number of anilines is 1. The van der Waals surface area contributed by atoms with E-state index in [1.165, 1.54) is 18.4 Å². The number of carbonyl (C=O) groups excluding carboxylic acids is 2. The molecule has 0 spiro atoms. The molecule has 4 nitrogen and oxygen atoms in total. The molecule has 1 aromatic rings. The van der Waals surface area contributed by atoms with Crippen LogP contribution in [0.3, 0.4) is 0 Å². The van der Waals surface area contributed by atoms with Gasteiger partial charge >= 0.3 is 5.97 Å². The second-order valence-electron chi connectivity index (χ2n) is 2.56. The van der Waals surface area contributed by atoms with Crippen LogP contribution in [-0.4, -0.2) is 19.0 Å². The summed E-state index contributed by atoms with van der Waals surface area (Å²) in [6.07, 6.45) is 0.385. The van der Waals surface area contributed by atoms with Crippen LogP contribution in [-0.2, 0) is 9.53 Å². The van der Waals surface area contributed by atoms with Gasteiger partial charge < -0.3 is 10.1 Å². The lowest BCUT2D eigenvalue weighted by Gasteiger charge is -2.02. The maximum atomic E-state index is 11.2. The molecule has 0 fully saturated rings. The number of hydrogen-bond acceptors (Lipinski definition) is 4. The average Bonchev–Trinajstić information content (AvgIpc) is 2.64. The Morgan fingerprint density at radius 3 is 2.86 bits per heavy atom. The first-order valence-corrected chi connectivity index (χ1v) is 5.02. The first-order valence-electron chi connectivity index (χ1n) is 4.14. The highest BCUT2D eigenvalue weighted by Gasteiger charge is 2.14. The molecule has 0 saturated carbocycles. The normalized spacial score (nSPS) is 9.57. The summed E-state index contributed by atoms with van der Waals surface area (Å²) < 4.78 is 4.57. The van der Waals surface area contributed by atoms with E-state index >= 15 is 0 Å². The van der Waals surface area contributed by atoms with Crippen LogP contribution in [0.25, 0.3) is 0 Å². The lowest BCUT2D eigenvalue weighted by Crippen LogP contribution is -2.11. The van der Waals surface area contributed by atoms with Gasteiger partial charge in [-0.05, 0) is 11.4 Å². The Labute approximate surface area is 85.9 Å². The number of esters is 1. The summed E-state index contributed by atoms with van der Waals surface area (Å²) in [5.41, 5.74) is 0.522. The molecule has 0 saturated heterocycles. The van der Waals surface area contributed by atoms with E-state index in [2.05, 4.69) is 10.1 Å². The van der Waals surface area contributed by atoms with Crippen LogP contribution in [0.1, 0.15) is 23.0 Å². The maximum Gasteiger partial charge on any atom is 0.350 e. The Balaban J connectivity index is 2.82. The monoisotopic (exact) mass is 213 g/mol. The van der Waals surface area contributed by atoms with Gasteiger partial charge in [0.05, 0.1) is 12.8 Å². The number of amides is 1. The average molecular weight is 213 g/mol. The fourth-order valence-electron chi connectivity index (χ4n) is 0.897. The number of methoxy groups -OCH3 is 1. The van der Waals surface area contributed by atoms with Gasteiger partial charge in [-0.25, -0.2) is 4.79 Å². The minimum atomic E-state index is -0.425. The van der Waals surface area contributed by atoms with Crippen molar-refractivity contribution < 1.29 is 14.3 Å². The van der Waals surface area contributed by atoms with E-state index in [4.69, 9.17) is 0 Å². The molecular formula is C9H11NO3S. The Hall–Kier alpha value is -1.36. The first kappa shape index (κ1) is 10.7. The summed E-state index contributed by atoms with van der Waals surface area (Å²) >= 11 is 1.25. The molecule has 0 aliphatic rings. The van der Waals surface area contributed by atoms with Crippen LogP contribution < -0.4 is 5.32 Å². The molecular weight excluding hydrogens is 202 g/mol.